The minimum atomic E-state index is 0.381. The lowest BCUT2D eigenvalue weighted by Gasteiger charge is -1.91. The Morgan fingerprint density at radius 3 is 3.14 bits per heavy atom. The number of nitrogen functional groups attached to an aromatic ring is 1. The molecule has 0 aliphatic carbocycles. The Morgan fingerprint density at radius 1 is 1.57 bits per heavy atom. The summed E-state index contributed by atoms with van der Waals surface area (Å²) in [5, 5.41) is 3.35. The second-order valence-electron chi connectivity index (χ2n) is 2.45. The third-order valence-electron chi connectivity index (χ3n) is 1.39. The van der Waals surface area contributed by atoms with Crippen molar-refractivity contribution in [2.45, 2.75) is 6.42 Å². The monoisotopic (exact) mass is 187 g/mol. The van der Waals surface area contributed by atoms with Gasteiger partial charge in [-0.25, -0.2) is 4.98 Å². The average Bonchev–Trinajstić information content (AvgIpc) is 2.18. The maximum Gasteiger partial charge on any atom is 0.124 e. The Kier molecular flexibility index (Phi) is 3.86. The normalized spacial score (nSPS) is 8.29. The van der Waals surface area contributed by atoms with Crippen molar-refractivity contribution in [3.8, 4) is 11.8 Å². The Morgan fingerprint density at radius 2 is 2.43 bits per heavy atom. The molecule has 0 spiro atoms. The number of anilines is 1. The zero-order valence-corrected chi connectivity index (χ0v) is 7.51. The third-order valence-corrected chi connectivity index (χ3v) is 1.39. The van der Waals surface area contributed by atoms with E-state index in [1.165, 1.54) is 0 Å². The second kappa shape index (κ2) is 5.46. The number of rotatable bonds is 2. The van der Waals surface area contributed by atoms with Gasteiger partial charge in [0.25, 0.3) is 0 Å². The predicted octanol–water partition coefficient (Wildman–Crippen LogP) is 1.72. The van der Waals surface area contributed by atoms with Gasteiger partial charge in [0.1, 0.15) is 11.5 Å². The Hall–Kier alpha value is -2.18. The minimum Gasteiger partial charge on any atom is -0.384 e. The van der Waals surface area contributed by atoms with Crippen molar-refractivity contribution in [2.24, 2.45) is 5.11 Å². The van der Waals surface area contributed by atoms with Crippen LogP contribution in [0, 0.1) is 11.8 Å². The number of aromatic nitrogens is 1. The highest BCUT2D eigenvalue weighted by molar-refractivity contribution is 5.36. The van der Waals surface area contributed by atoms with E-state index in [0.717, 1.165) is 0 Å². The summed E-state index contributed by atoms with van der Waals surface area (Å²) >= 11 is 0. The summed E-state index contributed by atoms with van der Waals surface area (Å²) < 4.78 is 0. The van der Waals surface area contributed by atoms with Crippen molar-refractivity contribution in [3.63, 3.8) is 0 Å². The number of hydrogen-bond acceptors (Lipinski definition) is 3. The molecule has 0 fully saturated rings. The maximum atomic E-state index is 8.00. The third kappa shape index (κ3) is 3.48. The molecule has 70 valence electrons. The quantitative estimate of drug-likeness (QED) is 0.251. The summed E-state index contributed by atoms with van der Waals surface area (Å²) in [7, 11) is 0. The predicted molar refractivity (Wildman–Crippen MR) is 54.2 cm³/mol. The molecule has 1 aromatic rings. The first-order valence-electron chi connectivity index (χ1n) is 4.05. The van der Waals surface area contributed by atoms with E-state index in [-0.39, 0.29) is 0 Å². The van der Waals surface area contributed by atoms with E-state index in [2.05, 4.69) is 26.9 Å². The SMILES string of the molecule is [N-]=[N+]=NCCC#Cc1cccc(N)n1. The van der Waals surface area contributed by atoms with E-state index in [1.54, 1.807) is 18.2 Å². The van der Waals surface area contributed by atoms with Crippen molar-refractivity contribution in [1.82, 2.24) is 4.98 Å². The van der Waals surface area contributed by atoms with Crippen molar-refractivity contribution < 1.29 is 0 Å². The van der Waals surface area contributed by atoms with Crippen molar-refractivity contribution in [1.29, 1.82) is 0 Å². The van der Waals surface area contributed by atoms with Crippen LogP contribution in [0.5, 0.6) is 0 Å². The summed E-state index contributed by atoms with van der Waals surface area (Å²) in [6.07, 6.45) is 0.528. The molecule has 0 radical (unpaired) electrons. The molecule has 5 heteroatoms. The highest BCUT2D eigenvalue weighted by Crippen LogP contribution is 1.98. The Bertz CT molecular complexity index is 409. The van der Waals surface area contributed by atoms with Gasteiger partial charge in [-0.05, 0) is 23.6 Å². The van der Waals surface area contributed by atoms with E-state index < -0.39 is 0 Å². The number of nitrogens with zero attached hydrogens (tertiary/aromatic N) is 4. The van der Waals surface area contributed by atoms with Crippen LogP contribution in [-0.2, 0) is 0 Å². The lowest BCUT2D eigenvalue weighted by molar-refractivity contribution is 1.01. The van der Waals surface area contributed by atoms with E-state index in [1.807, 2.05) is 0 Å². The molecule has 14 heavy (non-hydrogen) atoms. The van der Waals surface area contributed by atoms with Crippen LogP contribution in [0.3, 0.4) is 0 Å². The Balaban J connectivity index is 2.54. The molecule has 5 nitrogen and oxygen atoms in total. The van der Waals surface area contributed by atoms with E-state index in [4.69, 9.17) is 11.3 Å². The van der Waals surface area contributed by atoms with Crippen molar-refractivity contribution in [2.75, 3.05) is 12.3 Å². The lowest BCUT2D eigenvalue weighted by Crippen LogP contribution is -1.90. The summed E-state index contributed by atoms with van der Waals surface area (Å²) in [5.74, 6) is 6.10. The van der Waals surface area contributed by atoms with Crippen molar-refractivity contribution >= 4 is 5.82 Å². The summed E-state index contributed by atoms with van der Waals surface area (Å²) in [5.41, 5.74) is 14.1. The molecule has 0 atom stereocenters. The average molecular weight is 187 g/mol. The smallest absolute Gasteiger partial charge is 0.124 e. The zero-order valence-electron chi connectivity index (χ0n) is 7.51. The van der Waals surface area contributed by atoms with Crippen LogP contribution in [-0.4, -0.2) is 11.5 Å². The van der Waals surface area contributed by atoms with Crippen LogP contribution < -0.4 is 5.73 Å². The van der Waals surface area contributed by atoms with Gasteiger partial charge < -0.3 is 5.73 Å². The molecule has 0 saturated carbocycles. The fourth-order valence-electron chi connectivity index (χ4n) is 0.825. The standard InChI is InChI=1S/C9H9N5/c10-9-6-3-5-8(13-9)4-1-2-7-12-14-11/h3,5-6H,2,7H2,(H2,10,13). The van der Waals surface area contributed by atoms with Crippen LogP contribution in [0.15, 0.2) is 23.3 Å². The van der Waals surface area contributed by atoms with Crippen molar-refractivity contribution in [3.05, 3.63) is 34.3 Å². The van der Waals surface area contributed by atoms with Gasteiger partial charge in [-0.1, -0.05) is 17.1 Å². The van der Waals surface area contributed by atoms with Crippen LogP contribution in [0.25, 0.3) is 10.4 Å². The molecule has 2 N–H and O–H groups in total. The van der Waals surface area contributed by atoms with Crippen LogP contribution in [0.2, 0.25) is 0 Å². The van der Waals surface area contributed by atoms with Gasteiger partial charge in [-0.3, -0.25) is 0 Å². The number of nitrogens with two attached hydrogens (primary N) is 1. The first-order chi connectivity index (χ1) is 6.83. The molecule has 1 aromatic heterocycles. The molecule has 1 rings (SSSR count). The molecular weight excluding hydrogens is 178 g/mol. The van der Waals surface area contributed by atoms with Gasteiger partial charge in [0.2, 0.25) is 0 Å². The van der Waals surface area contributed by atoms with Gasteiger partial charge in [0.05, 0.1) is 0 Å². The largest absolute Gasteiger partial charge is 0.384 e. The fraction of sp³-hybridized carbons (Fsp3) is 0.222. The van der Waals surface area contributed by atoms with Gasteiger partial charge in [0, 0.05) is 17.9 Å². The zero-order chi connectivity index (χ0) is 10.2. The molecule has 0 bridgehead atoms. The first-order valence-corrected chi connectivity index (χ1v) is 4.05. The minimum absolute atomic E-state index is 0.381. The highest BCUT2D eigenvalue weighted by Gasteiger charge is 1.87. The van der Waals surface area contributed by atoms with Gasteiger partial charge in [-0.2, -0.15) is 0 Å². The second-order valence-corrected chi connectivity index (χ2v) is 2.45. The van der Waals surface area contributed by atoms with Crippen LogP contribution in [0.4, 0.5) is 5.82 Å². The lowest BCUT2D eigenvalue weighted by atomic mass is 10.3. The summed E-state index contributed by atoms with van der Waals surface area (Å²) in [4.78, 5) is 6.61. The highest BCUT2D eigenvalue weighted by atomic mass is 15.1. The molecule has 0 unspecified atom stereocenters. The van der Waals surface area contributed by atoms with Gasteiger partial charge in [-0.15, -0.1) is 0 Å². The molecule has 0 amide bonds. The number of hydrogen-bond donors (Lipinski definition) is 1. The number of pyridine rings is 1. The fourth-order valence-corrected chi connectivity index (χ4v) is 0.825. The van der Waals surface area contributed by atoms with E-state index >= 15 is 0 Å². The van der Waals surface area contributed by atoms with E-state index in [9.17, 15) is 0 Å². The van der Waals surface area contributed by atoms with Gasteiger partial charge >= 0.3 is 0 Å². The Labute approximate surface area is 81.6 Å². The molecule has 0 saturated heterocycles. The number of azide groups is 1. The summed E-state index contributed by atoms with van der Waals surface area (Å²) in [6, 6.07) is 5.27. The molecule has 0 aliphatic heterocycles. The molecule has 0 aromatic carbocycles. The molecule has 1 heterocycles. The van der Waals surface area contributed by atoms with Crippen LogP contribution >= 0.6 is 0 Å². The van der Waals surface area contributed by atoms with Gasteiger partial charge in [0.15, 0.2) is 0 Å². The first kappa shape index (κ1) is 9.90. The topological polar surface area (TPSA) is 87.7 Å². The van der Waals surface area contributed by atoms with Crippen LogP contribution in [0.1, 0.15) is 12.1 Å². The molecule has 0 aliphatic rings. The maximum absolute atomic E-state index is 8.00. The summed E-state index contributed by atoms with van der Waals surface area (Å²) in [6.45, 7) is 0.381. The molecular formula is C9H9N5. The van der Waals surface area contributed by atoms with E-state index in [0.29, 0.717) is 24.5 Å².